The van der Waals surface area contributed by atoms with E-state index in [9.17, 15) is 0 Å². The molecule has 1 heterocycles. The van der Waals surface area contributed by atoms with Crippen molar-refractivity contribution in [3.63, 3.8) is 0 Å². The maximum absolute atomic E-state index is 6.13. The molecule has 1 aliphatic rings. The van der Waals surface area contributed by atoms with Crippen molar-refractivity contribution in [3.8, 4) is 0 Å². The van der Waals surface area contributed by atoms with Gasteiger partial charge in [0.15, 0.2) is 0 Å². The molecule has 0 saturated carbocycles. The van der Waals surface area contributed by atoms with Crippen LogP contribution in [0.4, 0.5) is 0 Å². The molecule has 0 spiro atoms. The predicted octanol–water partition coefficient (Wildman–Crippen LogP) is 3.30. The second-order valence-electron chi connectivity index (χ2n) is 4.00. The fourth-order valence-corrected chi connectivity index (χ4v) is 2.17. The summed E-state index contributed by atoms with van der Waals surface area (Å²) in [6, 6.07) is -0.424. The van der Waals surface area contributed by atoms with Gasteiger partial charge in [0.2, 0.25) is 3.79 Å². The van der Waals surface area contributed by atoms with Gasteiger partial charge in [-0.2, -0.15) is 0 Å². The molecule has 1 rings (SSSR count). The van der Waals surface area contributed by atoms with Crippen molar-refractivity contribution >= 4 is 58.0 Å². The van der Waals surface area contributed by atoms with E-state index in [1.54, 1.807) is 12.2 Å². The Labute approximate surface area is 137 Å². The molecule has 2 unspecified atom stereocenters. The Morgan fingerprint density at radius 3 is 2.68 bits per heavy atom. The molecule has 0 amide bonds. The van der Waals surface area contributed by atoms with Crippen LogP contribution < -0.4 is 11.1 Å². The quantitative estimate of drug-likeness (QED) is 0.751. The number of nitrogens with one attached hydrogen (secondary N) is 1. The first-order valence-corrected chi connectivity index (χ1v) is 7.43. The second kappa shape index (κ2) is 7.30. The third kappa shape index (κ3) is 5.25. The van der Waals surface area contributed by atoms with Gasteiger partial charge in [-0.05, 0) is 18.2 Å². The molecule has 1 aliphatic heterocycles. The van der Waals surface area contributed by atoms with E-state index in [0.717, 1.165) is 0 Å². The first kappa shape index (κ1) is 17.3. The first-order chi connectivity index (χ1) is 8.75. The topological polar surface area (TPSA) is 41.3 Å². The van der Waals surface area contributed by atoms with E-state index in [0.29, 0.717) is 10.7 Å². The Kier molecular flexibility index (Phi) is 6.64. The molecule has 0 aromatic carbocycles. The third-order valence-corrected chi connectivity index (χ3v) is 3.70. The van der Waals surface area contributed by atoms with Crippen molar-refractivity contribution in [1.82, 2.24) is 10.2 Å². The first-order valence-electron chi connectivity index (χ1n) is 5.38. The number of likely N-dealkylation sites (N-methyl/N-ethyl adjacent to an activating group) is 1. The van der Waals surface area contributed by atoms with Crippen LogP contribution in [0.3, 0.4) is 0 Å². The highest BCUT2D eigenvalue weighted by Crippen LogP contribution is 2.34. The zero-order valence-electron chi connectivity index (χ0n) is 10.1. The second-order valence-corrected chi connectivity index (χ2v) is 7.03. The van der Waals surface area contributed by atoms with Crippen LogP contribution in [0, 0.1) is 0 Å². The maximum Gasteiger partial charge on any atom is 0.229 e. The number of hydrogen-bond acceptors (Lipinski definition) is 3. The SMILES string of the molecule is CN1C=CC=C(Cl)C1N/C(=C\C(N)CCl)C(Cl)(Cl)Cl. The Balaban J connectivity index is 2.93. The summed E-state index contributed by atoms with van der Waals surface area (Å²) in [5, 5.41) is 3.64. The molecule has 0 saturated heterocycles. The van der Waals surface area contributed by atoms with Gasteiger partial charge < -0.3 is 16.0 Å². The summed E-state index contributed by atoms with van der Waals surface area (Å²) < 4.78 is -1.64. The summed E-state index contributed by atoms with van der Waals surface area (Å²) in [5.41, 5.74) is 6.08. The zero-order chi connectivity index (χ0) is 14.6. The number of nitrogens with zero attached hydrogens (tertiary/aromatic N) is 1. The van der Waals surface area contributed by atoms with Gasteiger partial charge in [0.25, 0.3) is 0 Å². The Morgan fingerprint density at radius 2 is 2.21 bits per heavy atom. The molecule has 0 aliphatic carbocycles. The van der Waals surface area contributed by atoms with Crippen molar-refractivity contribution in [2.75, 3.05) is 12.9 Å². The van der Waals surface area contributed by atoms with Crippen LogP contribution in [0.5, 0.6) is 0 Å². The van der Waals surface area contributed by atoms with Gasteiger partial charge >= 0.3 is 0 Å². The largest absolute Gasteiger partial charge is 0.361 e. The van der Waals surface area contributed by atoms with Gasteiger partial charge in [0, 0.05) is 25.2 Å². The lowest BCUT2D eigenvalue weighted by molar-refractivity contribution is 0.337. The van der Waals surface area contributed by atoms with E-state index >= 15 is 0 Å². The Hall–Kier alpha value is 0.230. The summed E-state index contributed by atoms with van der Waals surface area (Å²) in [4.78, 5) is 1.85. The van der Waals surface area contributed by atoms with Crippen LogP contribution in [-0.2, 0) is 0 Å². The molecule has 3 N–H and O–H groups in total. The number of hydrogen-bond donors (Lipinski definition) is 2. The average Bonchev–Trinajstić information content (AvgIpc) is 2.30. The minimum atomic E-state index is -1.64. The van der Waals surface area contributed by atoms with Crippen LogP contribution in [0.1, 0.15) is 0 Å². The third-order valence-electron chi connectivity index (χ3n) is 2.40. The summed E-state index contributed by atoms with van der Waals surface area (Å²) in [5.74, 6) is 0.218. The standard InChI is InChI=1S/C11H14Cl5N3/c1-19-4-2-3-8(13)10(19)18-9(11(14,15)16)5-7(17)6-12/h2-5,7,10,18H,6,17H2,1H3/b9-5-. The molecular weight excluding hydrogens is 351 g/mol. The summed E-state index contributed by atoms with van der Waals surface area (Å²) in [7, 11) is 1.85. The lowest BCUT2D eigenvalue weighted by Crippen LogP contribution is -2.44. The molecule has 3 nitrogen and oxygen atoms in total. The van der Waals surface area contributed by atoms with E-state index in [1.807, 2.05) is 24.2 Å². The summed E-state index contributed by atoms with van der Waals surface area (Å²) in [6.07, 6.45) is 6.69. The lowest BCUT2D eigenvalue weighted by atomic mass is 10.2. The van der Waals surface area contributed by atoms with E-state index < -0.39 is 9.83 Å². The monoisotopic (exact) mass is 363 g/mol. The molecule has 0 aromatic rings. The van der Waals surface area contributed by atoms with Crippen LogP contribution in [-0.4, -0.2) is 33.8 Å². The number of alkyl halides is 4. The fourth-order valence-electron chi connectivity index (χ4n) is 1.44. The van der Waals surface area contributed by atoms with Crippen LogP contribution in [0.2, 0.25) is 0 Å². The van der Waals surface area contributed by atoms with Crippen molar-refractivity contribution in [2.24, 2.45) is 5.73 Å². The highest BCUT2D eigenvalue weighted by atomic mass is 35.6. The minimum Gasteiger partial charge on any atom is -0.361 e. The van der Waals surface area contributed by atoms with E-state index in [4.69, 9.17) is 63.7 Å². The molecule has 0 aromatic heterocycles. The fraction of sp³-hybridized carbons (Fsp3) is 0.455. The van der Waals surface area contributed by atoms with Crippen molar-refractivity contribution in [3.05, 3.63) is 35.2 Å². The number of nitrogens with two attached hydrogens (primary N) is 1. The molecule has 19 heavy (non-hydrogen) atoms. The van der Waals surface area contributed by atoms with Crippen molar-refractivity contribution < 1.29 is 0 Å². The highest BCUT2D eigenvalue weighted by molar-refractivity contribution is 6.69. The van der Waals surface area contributed by atoms with Crippen molar-refractivity contribution in [1.29, 1.82) is 0 Å². The van der Waals surface area contributed by atoms with Gasteiger partial charge in [-0.25, -0.2) is 0 Å². The predicted molar refractivity (Wildman–Crippen MR) is 84.8 cm³/mol. The molecule has 8 heteroatoms. The van der Waals surface area contributed by atoms with Gasteiger partial charge in [0.05, 0.1) is 10.7 Å². The lowest BCUT2D eigenvalue weighted by Gasteiger charge is -2.33. The van der Waals surface area contributed by atoms with Gasteiger partial charge in [-0.15, -0.1) is 11.6 Å². The summed E-state index contributed by atoms with van der Waals surface area (Å²) in [6.45, 7) is 0. The van der Waals surface area contributed by atoms with Gasteiger partial charge in [-0.3, -0.25) is 0 Å². The normalized spacial score (nSPS) is 22.3. The summed E-state index contributed by atoms with van der Waals surface area (Å²) >= 11 is 29.5. The molecule has 2 atom stereocenters. The van der Waals surface area contributed by atoms with Crippen molar-refractivity contribution in [2.45, 2.75) is 16.0 Å². The Morgan fingerprint density at radius 1 is 1.58 bits per heavy atom. The van der Waals surface area contributed by atoms with Crippen LogP contribution in [0.25, 0.3) is 0 Å². The molecule has 0 radical (unpaired) electrons. The molecule has 0 fully saturated rings. The number of halogens is 5. The van der Waals surface area contributed by atoms with E-state index in [1.165, 1.54) is 0 Å². The molecule has 108 valence electrons. The van der Waals surface area contributed by atoms with Gasteiger partial charge in [-0.1, -0.05) is 46.4 Å². The van der Waals surface area contributed by atoms with Crippen LogP contribution >= 0.6 is 58.0 Å². The van der Waals surface area contributed by atoms with E-state index in [-0.39, 0.29) is 12.0 Å². The van der Waals surface area contributed by atoms with E-state index in [2.05, 4.69) is 5.32 Å². The maximum atomic E-state index is 6.13. The Bertz CT molecular complexity index is 400. The minimum absolute atomic E-state index is 0.218. The number of allylic oxidation sites excluding steroid dienone is 3. The molecule has 0 bridgehead atoms. The zero-order valence-corrected chi connectivity index (χ0v) is 13.9. The smallest absolute Gasteiger partial charge is 0.229 e. The molecular formula is C11H14Cl5N3. The average molecular weight is 366 g/mol. The van der Waals surface area contributed by atoms with Crippen LogP contribution in [0.15, 0.2) is 35.2 Å². The number of rotatable bonds is 4. The highest BCUT2D eigenvalue weighted by Gasteiger charge is 2.30. The van der Waals surface area contributed by atoms with Gasteiger partial charge in [0.1, 0.15) is 6.17 Å².